The van der Waals surface area contributed by atoms with Crippen LogP contribution in [0.25, 0.3) is 0 Å². The summed E-state index contributed by atoms with van der Waals surface area (Å²) in [4.78, 5) is 13.4. The molecule has 4 rings (SSSR count). The number of rotatable bonds is 7. The van der Waals surface area contributed by atoms with Crippen molar-refractivity contribution in [2.45, 2.75) is 19.3 Å². The van der Waals surface area contributed by atoms with E-state index in [1.54, 1.807) is 4.58 Å². The molecule has 2 aliphatic rings. The first kappa shape index (κ1) is 23.7. The Morgan fingerprint density at radius 1 is 1.06 bits per heavy atom. The van der Waals surface area contributed by atoms with Gasteiger partial charge in [0.15, 0.2) is 12.3 Å². The Morgan fingerprint density at radius 3 is 2.45 bits per heavy atom. The van der Waals surface area contributed by atoms with E-state index >= 15 is 0 Å². The summed E-state index contributed by atoms with van der Waals surface area (Å²) in [6, 6.07) is 15.5. The number of nitrogens with zero attached hydrogens (tertiary/aromatic N) is 2. The van der Waals surface area contributed by atoms with Crippen molar-refractivity contribution in [3.8, 4) is 0 Å². The van der Waals surface area contributed by atoms with Gasteiger partial charge in [0.2, 0.25) is 5.69 Å². The quantitative estimate of drug-likeness (QED) is 0.275. The van der Waals surface area contributed by atoms with Crippen LogP contribution in [0.4, 0.5) is 11.4 Å². The Hall–Kier alpha value is -1.97. The third-order valence-corrected chi connectivity index (χ3v) is 6.19. The van der Waals surface area contributed by atoms with Gasteiger partial charge in [0.25, 0.3) is 0 Å². The summed E-state index contributed by atoms with van der Waals surface area (Å²) >= 11 is 0. The van der Waals surface area contributed by atoms with Gasteiger partial charge in [-0.1, -0.05) is 36.4 Å². The minimum atomic E-state index is -4.27. The average molecular weight is 448 g/mol. The molecule has 0 aliphatic carbocycles. The maximum atomic E-state index is 11.3. The molecular weight excluding hydrogens is 427 g/mol. The standard InChI is InChI=1S/C22H22N2O5S.Na/c25-22(26)15-24-19(13-17-7-2-4-9-21(17)24)14-18-12-16-6-1-3-8-20(16)23(18)10-5-11-30(27,28)29;/h1-4,6-9,14H,5,10-13,15H2,(H-,25,26,27,28,29);/q;+1/p-1. The van der Waals surface area contributed by atoms with Gasteiger partial charge in [0.1, 0.15) is 5.97 Å². The largest absolute Gasteiger partial charge is 1.00 e. The fourth-order valence-corrected chi connectivity index (χ4v) is 4.65. The zero-order valence-electron chi connectivity index (χ0n) is 17.3. The molecule has 0 radical (unpaired) electrons. The third kappa shape index (κ3) is 5.45. The Balaban J connectivity index is 0.00000272. The SMILES string of the molecule is O=C([O-])C[N+]1=C(C=C2Cc3ccccc3N2CCCS(=O)(=O)[O-])Cc2ccccc21.[Na+]. The predicted octanol–water partition coefficient (Wildman–Crippen LogP) is -2.04. The van der Waals surface area contributed by atoms with E-state index in [4.69, 9.17) is 0 Å². The van der Waals surface area contributed by atoms with E-state index in [0.29, 0.717) is 19.4 Å². The van der Waals surface area contributed by atoms with Crippen LogP contribution in [0.15, 0.2) is 60.3 Å². The van der Waals surface area contributed by atoms with Crippen molar-refractivity contribution in [1.29, 1.82) is 0 Å². The summed E-state index contributed by atoms with van der Waals surface area (Å²) in [5.41, 5.74) is 5.79. The van der Waals surface area contributed by atoms with Gasteiger partial charge >= 0.3 is 29.6 Å². The van der Waals surface area contributed by atoms with E-state index < -0.39 is 21.8 Å². The summed E-state index contributed by atoms with van der Waals surface area (Å²) in [5, 5.41) is 11.3. The maximum absolute atomic E-state index is 11.3. The first-order valence-electron chi connectivity index (χ1n) is 9.72. The van der Waals surface area contributed by atoms with Crippen molar-refractivity contribution in [3.05, 3.63) is 71.4 Å². The van der Waals surface area contributed by atoms with E-state index in [0.717, 1.165) is 33.9 Å². The second-order valence-corrected chi connectivity index (χ2v) is 8.99. The number of carboxylic acid groups (broad SMARTS) is 1. The third-order valence-electron chi connectivity index (χ3n) is 5.40. The smallest absolute Gasteiger partial charge is 0.748 e. The molecule has 9 heteroatoms. The van der Waals surface area contributed by atoms with E-state index in [1.807, 2.05) is 59.5 Å². The molecule has 0 spiro atoms. The van der Waals surface area contributed by atoms with Gasteiger partial charge in [-0.3, -0.25) is 0 Å². The van der Waals surface area contributed by atoms with Gasteiger partial charge in [-0.05, 0) is 18.1 Å². The zero-order chi connectivity index (χ0) is 21.3. The molecule has 0 bridgehead atoms. The first-order chi connectivity index (χ1) is 14.3. The molecule has 0 atom stereocenters. The topological polar surface area (TPSA) is 104 Å². The number of carboxylic acids is 1. The zero-order valence-corrected chi connectivity index (χ0v) is 20.1. The molecule has 0 saturated carbocycles. The molecule has 0 aromatic heterocycles. The number of aliphatic carboxylic acids is 1. The molecule has 0 N–H and O–H groups in total. The molecule has 156 valence electrons. The average Bonchev–Trinajstić information content (AvgIpc) is 3.19. The van der Waals surface area contributed by atoms with Crippen LogP contribution in [-0.2, 0) is 27.8 Å². The van der Waals surface area contributed by atoms with E-state index in [9.17, 15) is 22.9 Å². The molecule has 7 nitrogen and oxygen atoms in total. The van der Waals surface area contributed by atoms with Crippen LogP contribution < -0.4 is 39.6 Å². The number of allylic oxidation sites excluding steroid dienone is 2. The summed E-state index contributed by atoms with van der Waals surface area (Å²) in [6.45, 7) is 0.155. The van der Waals surface area contributed by atoms with Crippen molar-refractivity contribution in [2.75, 3.05) is 23.7 Å². The van der Waals surface area contributed by atoms with Crippen LogP contribution in [0.1, 0.15) is 17.5 Å². The van der Waals surface area contributed by atoms with Crippen molar-refractivity contribution < 1.29 is 57.0 Å². The van der Waals surface area contributed by atoms with E-state index in [2.05, 4.69) is 0 Å². The Morgan fingerprint density at radius 2 is 1.74 bits per heavy atom. The van der Waals surface area contributed by atoms with Crippen LogP contribution >= 0.6 is 0 Å². The number of anilines is 1. The Kier molecular flexibility index (Phi) is 7.39. The molecule has 2 aromatic rings. The van der Waals surface area contributed by atoms with Gasteiger partial charge < -0.3 is 19.4 Å². The normalized spacial score (nSPS) is 16.3. The molecule has 2 heterocycles. The second-order valence-electron chi connectivity index (χ2n) is 7.46. The number of hydrogen-bond acceptors (Lipinski definition) is 6. The van der Waals surface area contributed by atoms with Gasteiger partial charge in [-0.2, -0.15) is 4.58 Å². The molecular formula is C22H21N2NaO5S. The number of benzene rings is 2. The van der Waals surface area contributed by atoms with Crippen molar-refractivity contribution in [3.63, 3.8) is 0 Å². The molecule has 31 heavy (non-hydrogen) atoms. The molecule has 0 amide bonds. The number of carbonyl (C=O) groups excluding carboxylic acids is 1. The second kappa shape index (κ2) is 9.67. The monoisotopic (exact) mass is 448 g/mol. The van der Waals surface area contributed by atoms with E-state index in [1.165, 1.54) is 0 Å². The maximum Gasteiger partial charge on any atom is 1.00 e. The van der Waals surface area contributed by atoms with Crippen LogP contribution in [0.3, 0.4) is 0 Å². The Bertz CT molecular complexity index is 1170. The number of fused-ring (bicyclic) bond motifs is 2. The fourth-order valence-electron chi connectivity index (χ4n) is 4.17. The van der Waals surface area contributed by atoms with Crippen LogP contribution in [0.2, 0.25) is 0 Å². The van der Waals surface area contributed by atoms with Crippen molar-refractivity contribution in [1.82, 2.24) is 0 Å². The van der Waals surface area contributed by atoms with Crippen LogP contribution in [0.5, 0.6) is 0 Å². The van der Waals surface area contributed by atoms with Gasteiger partial charge in [-0.25, -0.2) is 8.42 Å². The van der Waals surface area contributed by atoms with Gasteiger partial charge in [-0.15, -0.1) is 0 Å². The summed E-state index contributed by atoms with van der Waals surface area (Å²) in [6.07, 6.45) is 3.45. The fraction of sp³-hybridized carbons (Fsp3) is 0.273. The molecule has 2 aromatic carbocycles. The summed E-state index contributed by atoms with van der Waals surface area (Å²) in [5.74, 6) is -1.58. The molecule has 2 aliphatic heterocycles. The van der Waals surface area contributed by atoms with Gasteiger partial charge in [0.05, 0.1) is 16.5 Å². The molecule has 0 fully saturated rings. The number of para-hydroxylation sites is 2. The van der Waals surface area contributed by atoms with Crippen LogP contribution in [0, 0.1) is 0 Å². The summed E-state index contributed by atoms with van der Waals surface area (Å²) in [7, 11) is -4.27. The Labute approximate surface area is 203 Å². The molecule has 0 unspecified atom stereocenters. The van der Waals surface area contributed by atoms with E-state index in [-0.39, 0.29) is 42.5 Å². The van der Waals surface area contributed by atoms with Crippen molar-refractivity contribution >= 4 is 33.2 Å². The van der Waals surface area contributed by atoms with Gasteiger partial charge in [0, 0.05) is 47.8 Å². The number of carbonyl (C=O) groups is 1. The van der Waals surface area contributed by atoms with Crippen molar-refractivity contribution in [2.24, 2.45) is 0 Å². The number of hydrogen-bond donors (Lipinski definition) is 0. The summed E-state index contributed by atoms with van der Waals surface area (Å²) < 4.78 is 34.8. The predicted molar refractivity (Wildman–Crippen MR) is 110 cm³/mol. The molecule has 0 saturated heterocycles. The minimum Gasteiger partial charge on any atom is -0.748 e. The minimum absolute atomic E-state index is 0. The van der Waals surface area contributed by atoms with Crippen LogP contribution in [-0.4, -0.2) is 48.1 Å². The first-order valence-corrected chi connectivity index (χ1v) is 11.3.